The number of benzene rings is 1. The third-order valence-electron chi connectivity index (χ3n) is 7.25. The Morgan fingerprint density at radius 1 is 1.16 bits per heavy atom. The minimum absolute atomic E-state index is 0.245. The van der Waals surface area contributed by atoms with Gasteiger partial charge in [-0.15, -0.1) is 11.3 Å². The van der Waals surface area contributed by atoms with Gasteiger partial charge in [-0.2, -0.15) is 4.98 Å². The van der Waals surface area contributed by atoms with Crippen molar-refractivity contribution < 1.29 is 19.7 Å². The zero-order chi connectivity index (χ0) is 27.2. The monoisotopic (exact) mass is 538 g/mol. The van der Waals surface area contributed by atoms with Gasteiger partial charge in [0, 0.05) is 6.20 Å². The van der Waals surface area contributed by atoms with Crippen LogP contribution in [0.15, 0.2) is 30.5 Å². The molecule has 0 bridgehead atoms. The third-order valence-corrected chi connectivity index (χ3v) is 8.29. The highest BCUT2D eigenvalue weighted by Gasteiger charge is 2.46. The number of aliphatic hydroxyl groups is 3. The second kappa shape index (κ2) is 10.1. The highest BCUT2D eigenvalue weighted by Crippen LogP contribution is 2.39. The van der Waals surface area contributed by atoms with E-state index in [1.807, 2.05) is 32.9 Å². The number of nitrogens with one attached hydrogen (secondary N) is 2. The number of thiazole rings is 1. The molecule has 0 amide bonds. The standard InChI is InChI=1S/C27H31FN6O3S/c1-13-5-6-17(11-18(13)28)14(2)30-26-31-15(3)21(25-33-22-16(4)29-10-8-20(22)38-25)24(34-26)32-19-7-9-27(37,12-35)23(19)36/h5-6,8,10-11,14,19,23,35-37H,7,9,12H2,1-4H3,(H2,30,31,32,34). The van der Waals surface area contributed by atoms with E-state index in [1.165, 1.54) is 17.4 Å². The van der Waals surface area contributed by atoms with Gasteiger partial charge in [0.05, 0.1) is 40.3 Å². The molecule has 1 aromatic carbocycles. The van der Waals surface area contributed by atoms with Crippen LogP contribution in [0, 0.1) is 26.6 Å². The molecule has 0 radical (unpaired) electrons. The molecule has 3 heterocycles. The van der Waals surface area contributed by atoms with Crippen molar-refractivity contribution in [2.24, 2.45) is 0 Å². The van der Waals surface area contributed by atoms with Crippen LogP contribution in [0.3, 0.4) is 0 Å². The van der Waals surface area contributed by atoms with Gasteiger partial charge in [-0.3, -0.25) is 4.98 Å². The molecule has 9 nitrogen and oxygen atoms in total. The van der Waals surface area contributed by atoms with Gasteiger partial charge in [-0.05, 0) is 63.8 Å². The highest BCUT2D eigenvalue weighted by molar-refractivity contribution is 7.21. The first-order chi connectivity index (χ1) is 18.1. The summed E-state index contributed by atoms with van der Waals surface area (Å²) in [5.74, 6) is 0.488. The number of hydrogen-bond acceptors (Lipinski definition) is 10. The maximum Gasteiger partial charge on any atom is 0.225 e. The maximum absolute atomic E-state index is 14.2. The SMILES string of the molecule is Cc1ccc(C(C)Nc2nc(C)c(-c3nc4c(C)nccc4s3)c(NC3CCC(O)(CO)C3O)n2)cc1F. The average molecular weight is 539 g/mol. The summed E-state index contributed by atoms with van der Waals surface area (Å²) < 4.78 is 15.2. The Bertz CT molecular complexity index is 1500. The minimum Gasteiger partial charge on any atom is -0.393 e. The largest absolute Gasteiger partial charge is 0.393 e. The molecular weight excluding hydrogens is 507 g/mol. The van der Waals surface area contributed by atoms with Crippen molar-refractivity contribution in [1.82, 2.24) is 19.9 Å². The molecule has 5 N–H and O–H groups in total. The Balaban J connectivity index is 1.55. The number of fused-ring (bicyclic) bond motifs is 1. The summed E-state index contributed by atoms with van der Waals surface area (Å²) in [6.07, 6.45) is 1.23. The van der Waals surface area contributed by atoms with E-state index in [-0.39, 0.29) is 18.3 Å². The molecular formula is C27H31FN6O3S. The fourth-order valence-electron chi connectivity index (χ4n) is 4.83. The summed E-state index contributed by atoms with van der Waals surface area (Å²) in [4.78, 5) is 18.6. The van der Waals surface area contributed by atoms with Crippen LogP contribution in [-0.2, 0) is 0 Å². The van der Waals surface area contributed by atoms with E-state index in [2.05, 4.69) is 20.6 Å². The van der Waals surface area contributed by atoms with Crippen LogP contribution in [-0.4, -0.2) is 59.6 Å². The van der Waals surface area contributed by atoms with E-state index < -0.39 is 24.4 Å². The highest BCUT2D eigenvalue weighted by atomic mass is 32.1. The van der Waals surface area contributed by atoms with E-state index in [0.717, 1.165) is 21.5 Å². The summed E-state index contributed by atoms with van der Waals surface area (Å²) in [5, 5.41) is 38.3. The first-order valence-electron chi connectivity index (χ1n) is 12.5. The van der Waals surface area contributed by atoms with Gasteiger partial charge in [0.25, 0.3) is 0 Å². The number of nitrogens with zero attached hydrogens (tertiary/aromatic N) is 4. The van der Waals surface area contributed by atoms with E-state index >= 15 is 0 Å². The lowest BCUT2D eigenvalue weighted by Gasteiger charge is -2.27. The predicted molar refractivity (Wildman–Crippen MR) is 146 cm³/mol. The lowest BCUT2D eigenvalue weighted by molar-refractivity contribution is -0.0872. The van der Waals surface area contributed by atoms with E-state index in [9.17, 15) is 19.7 Å². The van der Waals surface area contributed by atoms with Crippen molar-refractivity contribution in [2.75, 3.05) is 17.2 Å². The van der Waals surface area contributed by atoms with Crippen LogP contribution in [0.2, 0.25) is 0 Å². The minimum atomic E-state index is -1.58. The number of aliphatic hydroxyl groups excluding tert-OH is 2. The van der Waals surface area contributed by atoms with E-state index in [1.54, 1.807) is 19.2 Å². The van der Waals surface area contributed by atoms with E-state index in [4.69, 9.17) is 9.97 Å². The Kier molecular flexibility index (Phi) is 7.03. The Hall–Kier alpha value is -3.25. The molecule has 4 unspecified atom stereocenters. The number of halogens is 1. The summed E-state index contributed by atoms with van der Waals surface area (Å²) in [5.41, 5.74) is 2.69. The molecule has 1 saturated carbocycles. The molecule has 5 rings (SSSR count). The van der Waals surface area contributed by atoms with Crippen LogP contribution in [0.4, 0.5) is 16.2 Å². The van der Waals surface area contributed by atoms with Crippen molar-refractivity contribution in [3.8, 4) is 10.6 Å². The zero-order valence-corrected chi connectivity index (χ0v) is 22.5. The second-order valence-corrected chi connectivity index (χ2v) is 11.0. The molecule has 1 aliphatic rings. The molecule has 3 aromatic heterocycles. The summed E-state index contributed by atoms with van der Waals surface area (Å²) in [6.45, 7) is 6.84. The quantitative estimate of drug-likeness (QED) is 0.236. The van der Waals surface area contributed by atoms with Gasteiger partial charge in [0.1, 0.15) is 33.9 Å². The van der Waals surface area contributed by atoms with Crippen molar-refractivity contribution in [3.63, 3.8) is 0 Å². The Morgan fingerprint density at radius 2 is 1.95 bits per heavy atom. The molecule has 0 saturated heterocycles. The second-order valence-electron chi connectivity index (χ2n) is 9.99. The third kappa shape index (κ3) is 4.82. The fraction of sp³-hybridized carbons (Fsp3) is 0.407. The normalized spacial score (nSPS) is 22.1. The van der Waals surface area contributed by atoms with Gasteiger partial charge >= 0.3 is 0 Å². The molecule has 0 aliphatic heterocycles. The smallest absolute Gasteiger partial charge is 0.225 e. The molecule has 1 fully saturated rings. The molecule has 11 heteroatoms. The molecule has 38 heavy (non-hydrogen) atoms. The van der Waals surface area contributed by atoms with Gasteiger partial charge in [-0.25, -0.2) is 14.4 Å². The van der Waals surface area contributed by atoms with Crippen molar-refractivity contribution >= 4 is 33.3 Å². The van der Waals surface area contributed by atoms with Gasteiger partial charge in [0.2, 0.25) is 5.95 Å². The lowest BCUT2D eigenvalue weighted by Crippen LogP contribution is -2.47. The maximum atomic E-state index is 14.2. The average Bonchev–Trinajstić information content (AvgIpc) is 3.43. The summed E-state index contributed by atoms with van der Waals surface area (Å²) in [6, 6.07) is 6.17. The van der Waals surface area contributed by atoms with Gasteiger partial charge < -0.3 is 26.0 Å². The number of hydrogen-bond donors (Lipinski definition) is 5. The van der Waals surface area contributed by atoms with Crippen LogP contribution in [0.5, 0.6) is 0 Å². The van der Waals surface area contributed by atoms with Crippen molar-refractivity contribution in [1.29, 1.82) is 0 Å². The lowest BCUT2D eigenvalue weighted by atomic mass is 10.0. The van der Waals surface area contributed by atoms with Crippen LogP contribution in [0.1, 0.15) is 48.3 Å². The van der Waals surface area contributed by atoms with E-state index in [0.29, 0.717) is 40.0 Å². The van der Waals surface area contributed by atoms with Crippen LogP contribution >= 0.6 is 11.3 Å². The number of rotatable bonds is 7. The molecule has 200 valence electrons. The van der Waals surface area contributed by atoms with Gasteiger partial charge in [0.15, 0.2) is 0 Å². The van der Waals surface area contributed by atoms with Crippen molar-refractivity contribution in [2.45, 2.75) is 64.3 Å². The number of anilines is 2. The van der Waals surface area contributed by atoms with Crippen LogP contribution in [0.25, 0.3) is 20.8 Å². The first-order valence-corrected chi connectivity index (χ1v) is 13.3. The molecule has 4 atom stereocenters. The summed E-state index contributed by atoms with van der Waals surface area (Å²) in [7, 11) is 0. The van der Waals surface area contributed by atoms with Crippen LogP contribution < -0.4 is 10.6 Å². The predicted octanol–water partition coefficient (Wildman–Crippen LogP) is 4.04. The number of aromatic nitrogens is 4. The summed E-state index contributed by atoms with van der Waals surface area (Å²) >= 11 is 1.49. The molecule has 1 aliphatic carbocycles. The Labute approximate surface area is 223 Å². The van der Waals surface area contributed by atoms with Gasteiger partial charge in [-0.1, -0.05) is 12.1 Å². The topological polar surface area (TPSA) is 136 Å². The Morgan fingerprint density at radius 3 is 2.63 bits per heavy atom. The fourth-order valence-corrected chi connectivity index (χ4v) is 5.94. The molecule has 0 spiro atoms. The first kappa shape index (κ1) is 26.4. The van der Waals surface area contributed by atoms with Crippen molar-refractivity contribution in [3.05, 3.63) is 58.8 Å². The number of aryl methyl sites for hydroxylation is 3. The molecule has 4 aromatic rings. The number of pyridine rings is 1. The zero-order valence-electron chi connectivity index (χ0n) is 21.7.